The summed E-state index contributed by atoms with van der Waals surface area (Å²) in [6.45, 7) is 1.71. The molecule has 23 heavy (non-hydrogen) atoms. The number of carboxylic acids is 1. The van der Waals surface area contributed by atoms with Crippen molar-refractivity contribution in [2.75, 3.05) is 6.54 Å². The van der Waals surface area contributed by atoms with Gasteiger partial charge in [0.25, 0.3) is 5.91 Å². The van der Waals surface area contributed by atoms with Gasteiger partial charge in [0.15, 0.2) is 11.6 Å². The van der Waals surface area contributed by atoms with Gasteiger partial charge in [-0.25, -0.2) is 8.78 Å². The SMILES string of the molecule is Cc1c[nH]cc1C(=O)N(CCC(=O)O)Cc1ccc(F)c(F)c1. The third kappa shape index (κ3) is 4.15. The number of carboxylic acid groups (broad SMARTS) is 1. The molecule has 1 aromatic carbocycles. The summed E-state index contributed by atoms with van der Waals surface area (Å²) in [6.07, 6.45) is 2.94. The first-order valence-electron chi connectivity index (χ1n) is 6.97. The van der Waals surface area contributed by atoms with Crippen molar-refractivity contribution in [1.82, 2.24) is 9.88 Å². The van der Waals surface area contributed by atoms with Crippen LogP contribution in [0.4, 0.5) is 8.78 Å². The summed E-state index contributed by atoms with van der Waals surface area (Å²) in [7, 11) is 0. The highest BCUT2D eigenvalue weighted by molar-refractivity contribution is 5.95. The van der Waals surface area contributed by atoms with Crippen molar-refractivity contribution in [3.63, 3.8) is 0 Å². The molecule has 0 aliphatic carbocycles. The Kier molecular flexibility index (Phi) is 5.10. The van der Waals surface area contributed by atoms with Crippen LogP contribution in [0.1, 0.15) is 27.9 Å². The molecule has 5 nitrogen and oxygen atoms in total. The van der Waals surface area contributed by atoms with E-state index in [9.17, 15) is 18.4 Å². The van der Waals surface area contributed by atoms with Crippen LogP contribution >= 0.6 is 0 Å². The fourth-order valence-electron chi connectivity index (χ4n) is 2.18. The third-order valence-electron chi connectivity index (χ3n) is 3.42. The Labute approximate surface area is 131 Å². The summed E-state index contributed by atoms with van der Waals surface area (Å²) < 4.78 is 26.3. The Bertz CT molecular complexity index is 728. The molecule has 7 heteroatoms. The number of amides is 1. The Balaban J connectivity index is 2.22. The fourth-order valence-corrected chi connectivity index (χ4v) is 2.18. The van der Waals surface area contributed by atoms with Crippen molar-refractivity contribution in [3.05, 3.63) is 58.9 Å². The highest BCUT2D eigenvalue weighted by atomic mass is 19.2. The predicted molar refractivity (Wildman–Crippen MR) is 78.9 cm³/mol. The number of nitrogens with one attached hydrogen (secondary N) is 1. The Morgan fingerprint density at radius 2 is 1.96 bits per heavy atom. The Morgan fingerprint density at radius 1 is 1.22 bits per heavy atom. The minimum atomic E-state index is -1.04. The zero-order valence-electron chi connectivity index (χ0n) is 12.5. The molecule has 0 bridgehead atoms. The van der Waals surface area contributed by atoms with Gasteiger partial charge in [-0.3, -0.25) is 9.59 Å². The van der Waals surface area contributed by atoms with E-state index in [2.05, 4.69) is 4.98 Å². The molecule has 1 amide bonds. The summed E-state index contributed by atoms with van der Waals surface area (Å²) in [5, 5.41) is 8.82. The third-order valence-corrected chi connectivity index (χ3v) is 3.42. The van der Waals surface area contributed by atoms with Gasteiger partial charge < -0.3 is 15.0 Å². The van der Waals surface area contributed by atoms with E-state index in [-0.39, 0.29) is 25.4 Å². The molecule has 0 atom stereocenters. The van der Waals surface area contributed by atoms with E-state index in [1.165, 1.54) is 17.2 Å². The molecule has 0 aliphatic heterocycles. The average Bonchev–Trinajstić information content (AvgIpc) is 2.92. The number of carbonyl (C=O) groups excluding carboxylic acids is 1. The van der Waals surface area contributed by atoms with Crippen LogP contribution in [-0.2, 0) is 11.3 Å². The fraction of sp³-hybridized carbons (Fsp3) is 0.250. The Morgan fingerprint density at radius 3 is 2.52 bits per heavy atom. The number of hydrogen-bond acceptors (Lipinski definition) is 2. The van der Waals surface area contributed by atoms with Crippen molar-refractivity contribution >= 4 is 11.9 Å². The number of H-pyrrole nitrogens is 1. The number of aryl methyl sites for hydroxylation is 1. The van der Waals surface area contributed by atoms with E-state index in [1.54, 1.807) is 13.1 Å². The first kappa shape index (κ1) is 16.7. The molecule has 0 saturated carbocycles. The van der Waals surface area contributed by atoms with E-state index in [4.69, 9.17) is 5.11 Å². The molecular weight excluding hydrogens is 306 g/mol. The lowest BCUT2D eigenvalue weighted by Crippen LogP contribution is -2.32. The first-order valence-corrected chi connectivity index (χ1v) is 6.97. The van der Waals surface area contributed by atoms with Gasteiger partial charge in [-0.1, -0.05) is 6.07 Å². The minimum Gasteiger partial charge on any atom is -0.481 e. The molecule has 0 saturated heterocycles. The normalized spacial score (nSPS) is 10.6. The van der Waals surface area contributed by atoms with E-state index >= 15 is 0 Å². The summed E-state index contributed by atoms with van der Waals surface area (Å²) in [4.78, 5) is 27.4. The monoisotopic (exact) mass is 322 g/mol. The van der Waals surface area contributed by atoms with Gasteiger partial charge in [-0.2, -0.15) is 0 Å². The topological polar surface area (TPSA) is 73.4 Å². The number of rotatable bonds is 6. The zero-order valence-corrected chi connectivity index (χ0v) is 12.5. The van der Waals surface area contributed by atoms with Gasteiger partial charge in [0.05, 0.1) is 12.0 Å². The lowest BCUT2D eigenvalue weighted by molar-refractivity contribution is -0.137. The Hall–Kier alpha value is -2.70. The summed E-state index contributed by atoms with van der Waals surface area (Å²) in [5.74, 6) is -3.39. The quantitative estimate of drug-likeness (QED) is 0.859. The largest absolute Gasteiger partial charge is 0.481 e. The number of aromatic amines is 1. The van der Waals surface area contributed by atoms with Gasteiger partial charge in [0.2, 0.25) is 0 Å². The van der Waals surface area contributed by atoms with E-state index in [1.807, 2.05) is 0 Å². The minimum absolute atomic E-state index is 0.00602. The van der Waals surface area contributed by atoms with E-state index < -0.39 is 17.6 Å². The molecule has 2 aromatic rings. The number of hydrogen-bond donors (Lipinski definition) is 2. The lowest BCUT2D eigenvalue weighted by Gasteiger charge is -2.22. The molecule has 2 rings (SSSR count). The number of aromatic nitrogens is 1. The average molecular weight is 322 g/mol. The van der Waals surface area contributed by atoms with Crippen molar-refractivity contribution in [2.45, 2.75) is 19.9 Å². The van der Waals surface area contributed by atoms with Crippen LogP contribution in [-0.4, -0.2) is 33.4 Å². The van der Waals surface area contributed by atoms with Crippen LogP contribution in [0.15, 0.2) is 30.6 Å². The smallest absolute Gasteiger partial charge is 0.305 e. The summed E-state index contributed by atoms with van der Waals surface area (Å²) in [6, 6.07) is 3.34. The number of carbonyl (C=O) groups is 2. The van der Waals surface area contributed by atoms with Crippen LogP contribution in [0.3, 0.4) is 0 Å². The molecular formula is C16H16F2N2O3. The number of nitrogens with zero attached hydrogens (tertiary/aromatic N) is 1. The second-order valence-electron chi connectivity index (χ2n) is 5.17. The van der Waals surface area contributed by atoms with Crippen molar-refractivity contribution in [2.24, 2.45) is 0 Å². The maximum atomic E-state index is 13.3. The maximum absolute atomic E-state index is 13.3. The highest BCUT2D eigenvalue weighted by Gasteiger charge is 2.20. The van der Waals surface area contributed by atoms with Gasteiger partial charge in [-0.05, 0) is 30.2 Å². The number of benzene rings is 1. The molecule has 0 unspecified atom stereocenters. The van der Waals surface area contributed by atoms with Gasteiger partial charge in [0, 0.05) is 25.5 Å². The lowest BCUT2D eigenvalue weighted by atomic mass is 10.1. The van der Waals surface area contributed by atoms with Crippen LogP contribution in [0.25, 0.3) is 0 Å². The molecule has 2 N–H and O–H groups in total. The van der Waals surface area contributed by atoms with Crippen LogP contribution in [0, 0.1) is 18.6 Å². The zero-order chi connectivity index (χ0) is 17.0. The molecule has 1 aromatic heterocycles. The number of aliphatic carboxylic acids is 1. The van der Waals surface area contributed by atoms with Gasteiger partial charge >= 0.3 is 5.97 Å². The van der Waals surface area contributed by atoms with E-state index in [0.29, 0.717) is 11.1 Å². The van der Waals surface area contributed by atoms with Crippen LogP contribution < -0.4 is 0 Å². The van der Waals surface area contributed by atoms with Crippen molar-refractivity contribution in [1.29, 1.82) is 0 Å². The van der Waals surface area contributed by atoms with E-state index in [0.717, 1.165) is 17.7 Å². The molecule has 0 spiro atoms. The maximum Gasteiger partial charge on any atom is 0.305 e. The standard InChI is InChI=1S/C16H16F2N2O3/c1-10-7-19-8-12(10)16(23)20(5-4-15(21)22)9-11-2-3-13(17)14(18)6-11/h2-3,6-8,19H,4-5,9H2,1H3,(H,21,22). The number of halogens is 2. The van der Waals surface area contributed by atoms with Crippen LogP contribution in [0.2, 0.25) is 0 Å². The molecule has 122 valence electrons. The molecule has 0 radical (unpaired) electrons. The second-order valence-corrected chi connectivity index (χ2v) is 5.17. The molecule has 0 aliphatic rings. The predicted octanol–water partition coefficient (Wildman–Crippen LogP) is 2.72. The molecule has 1 heterocycles. The van der Waals surface area contributed by atoms with Gasteiger partial charge in [-0.15, -0.1) is 0 Å². The highest BCUT2D eigenvalue weighted by Crippen LogP contribution is 2.15. The van der Waals surface area contributed by atoms with Crippen LogP contribution in [0.5, 0.6) is 0 Å². The summed E-state index contributed by atoms with van der Waals surface area (Å²) >= 11 is 0. The van der Waals surface area contributed by atoms with Crippen molar-refractivity contribution in [3.8, 4) is 0 Å². The van der Waals surface area contributed by atoms with Gasteiger partial charge in [0.1, 0.15) is 0 Å². The summed E-state index contributed by atoms with van der Waals surface area (Å²) in [5.41, 5.74) is 1.52. The first-order chi connectivity index (χ1) is 10.9. The second kappa shape index (κ2) is 7.04. The van der Waals surface area contributed by atoms with Crippen molar-refractivity contribution < 1.29 is 23.5 Å². The molecule has 0 fully saturated rings.